The topological polar surface area (TPSA) is 17.8 Å². The Morgan fingerprint density at radius 1 is 1.20 bits per heavy atom. The molecule has 0 aliphatic rings. The van der Waals surface area contributed by atoms with Gasteiger partial charge in [-0.25, -0.2) is 9.37 Å². The maximum Gasteiger partial charge on any atom is 0.143 e. The fourth-order valence-electron chi connectivity index (χ4n) is 2.10. The number of alkyl halides is 1. The van der Waals surface area contributed by atoms with Crippen LogP contribution in [0.4, 0.5) is 4.39 Å². The molecule has 0 aliphatic carbocycles. The van der Waals surface area contributed by atoms with Crippen LogP contribution in [0.3, 0.4) is 0 Å². The number of halogens is 4. The van der Waals surface area contributed by atoms with E-state index in [1.807, 2.05) is 22.8 Å². The van der Waals surface area contributed by atoms with E-state index >= 15 is 0 Å². The summed E-state index contributed by atoms with van der Waals surface area (Å²) in [6, 6.07) is 10.3. The average molecular weight is 374 g/mol. The van der Waals surface area contributed by atoms with Crippen molar-refractivity contribution in [3.63, 3.8) is 0 Å². The first-order valence-electron chi connectivity index (χ1n) is 5.78. The number of rotatable bonds is 2. The Labute approximate surface area is 133 Å². The summed E-state index contributed by atoms with van der Waals surface area (Å²) in [6.45, 7) is 0. The number of nitrogens with zero attached hydrogens (tertiary/aromatic N) is 2. The largest absolute Gasteiger partial charge is 0.295 e. The first kappa shape index (κ1) is 13.9. The van der Waals surface area contributed by atoms with Crippen molar-refractivity contribution in [2.75, 3.05) is 0 Å². The molecule has 0 spiro atoms. The third-order valence-corrected chi connectivity index (χ3v) is 4.01. The maximum atomic E-state index is 13.7. The van der Waals surface area contributed by atoms with Gasteiger partial charge in [0, 0.05) is 4.47 Å². The number of hydrogen-bond acceptors (Lipinski definition) is 1. The second-order valence-corrected chi connectivity index (χ2v) is 5.82. The lowest BCUT2D eigenvalue weighted by Crippen LogP contribution is -2.00. The fraction of sp³-hybridized carbons (Fsp3) is 0.0714. The molecule has 0 fully saturated rings. The van der Waals surface area contributed by atoms with E-state index in [2.05, 4.69) is 20.9 Å². The molecule has 1 heterocycles. The van der Waals surface area contributed by atoms with E-state index in [0.717, 1.165) is 15.5 Å². The van der Waals surface area contributed by atoms with E-state index in [1.54, 1.807) is 6.07 Å². The molecule has 0 unspecified atom stereocenters. The first-order valence-corrected chi connectivity index (χ1v) is 7.49. The van der Waals surface area contributed by atoms with Gasteiger partial charge in [0.15, 0.2) is 0 Å². The molecule has 2 nitrogen and oxygen atoms in total. The third-order valence-electron chi connectivity index (χ3n) is 2.97. The lowest BCUT2D eigenvalue weighted by Gasteiger charge is -2.08. The van der Waals surface area contributed by atoms with Gasteiger partial charge in [0.1, 0.15) is 11.6 Å². The summed E-state index contributed by atoms with van der Waals surface area (Å²) >= 11 is 15.1. The highest BCUT2D eigenvalue weighted by Crippen LogP contribution is 2.27. The van der Waals surface area contributed by atoms with Crippen LogP contribution in [0.1, 0.15) is 5.82 Å². The highest BCUT2D eigenvalue weighted by molar-refractivity contribution is 9.10. The monoisotopic (exact) mass is 372 g/mol. The van der Waals surface area contributed by atoms with E-state index in [4.69, 9.17) is 23.2 Å². The van der Waals surface area contributed by atoms with Crippen LogP contribution in [0.15, 0.2) is 40.9 Å². The van der Waals surface area contributed by atoms with E-state index < -0.39 is 5.82 Å². The van der Waals surface area contributed by atoms with E-state index in [-0.39, 0.29) is 10.9 Å². The molecule has 3 aromatic rings. The average Bonchev–Trinajstić information content (AvgIpc) is 2.79. The van der Waals surface area contributed by atoms with Gasteiger partial charge in [-0.2, -0.15) is 0 Å². The summed E-state index contributed by atoms with van der Waals surface area (Å²) < 4.78 is 16.4. The van der Waals surface area contributed by atoms with Crippen molar-refractivity contribution in [3.05, 3.63) is 57.5 Å². The van der Waals surface area contributed by atoms with Crippen molar-refractivity contribution in [2.45, 2.75) is 5.88 Å². The minimum atomic E-state index is -0.471. The molecule has 20 heavy (non-hydrogen) atoms. The van der Waals surface area contributed by atoms with Gasteiger partial charge in [-0.05, 0) is 36.4 Å². The van der Waals surface area contributed by atoms with Gasteiger partial charge >= 0.3 is 0 Å². The lowest BCUT2D eigenvalue weighted by atomic mass is 10.2. The number of fused-ring (bicyclic) bond motifs is 1. The van der Waals surface area contributed by atoms with Crippen molar-refractivity contribution in [2.24, 2.45) is 0 Å². The van der Waals surface area contributed by atoms with Gasteiger partial charge in [-0.1, -0.05) is 27.5 Å². The van der Waals surface area contributed by atoms with Crippen molar-refractivity contribution in [1.82, 2.24) is 9.55 Å². The Kier molecular flexibility index (Phi) is 3.71. The van der Waals surface area contributed by atoms with E-state index in [9.17, 15) is 4.39 Å². The molecule has 2 aromatic carbocycles. The third kappa shape index (κ3) is 2.32. The quantitative estimate of drug-likeness (QED) is 0.556. The van der Waals surface area contributed by atoms with Crippen LogP contribution in [0.2, 0.25) is 5.02 Å². The molecule has 0 saturated carbocycles. The zero-order valence-electron chi connectivity index (χ0n) is 10.1. The van der Waals surface area contributed by atoms with Gasteiger partial charge in [-0.15, -0.1) is 11.6 Å². The van der Waals surface area contributed by atoms with Crippen LogP contribution >= 0.6 is 39.1 Å². The zero-order valence-corrected chi connectivity index (χ0v) is 13.2. The maximum absolute atomic E-state index is 13.7. The minimum Gasteiger partial charge on any atom is -0.295 e. The van der Waals surface area contributed by atoms with Crippen LogP contribution in [-0.2, 0) is 5.88 Å². The van der Waals surface area contributed by atoms with Crippen molar-refractivity contribution in [3.8, 4) is 5.69 Å². The van der Waals surface area contributed by atoms with Gasteiger partial charge in [0.2, 0.25) is 0 Å². The van der Waals surface area contributed by atoms with Crippen molar-refractivity contribution < 1.29 is 4.39 Å². The number of benzene rings is 2. The summed E-state index contributed by atoms with van der Waals surface area (Å²) in [7, 11) is 0. The summed E-state index contributed by atoms with van der Waals surface area (Å²) in [5.74, 6) is 0.416. The summed E-state index contributed by atoms with van der Waals surface area (Å²) in [6.07, 6.45) is 0. The van der Waals surface area contributed by atoms with E-state index in [0.29, 0.717) is 11.5 Å². The number of aromatic nitrogens is 2. The summed E-state index contributed by atoms with van der Waals surface area (Å²) in [5.41, 5.74) is 2.30. The predicted molar refractivity (Wildman–Crippen MR) is 83.3 cm³/mol. The van der Waals surface area contributed by atoms with Gasteiger partial charge in [-0.3, -0.25) is 4.57 Å². The fourth-order valence-corrected chi connectivity index (χ4v) is 2.75. The van der Waals surface area contributed by atoms with Crippen molar-refractivity contribution in [1.29, 1.82) is 0 Å². The molecule has 0 amide bonds. The molecule has 1 aromatic heterocycles. The van der Waals surface area contributed by atoms with Crippen LogP contribution in [0.5, 0.6) is 0 Å². The molecule has 0 radical (unpaired) electrons. The normalized spacial score (nSPS) is 11.2. The van der Waals surface area contributed by atoms with Crippen molar-refractivity contribution >= 4 is 50.2 Å². The Morgan fingerprint density at radius 2 is 2.00 bits per heavy atom. The van der Waals surface area contributed by atoms with Gasteiger partial charge in [0.25, 0.3) is 0 Å². The predicted octanol–water partition coefficient (Wildman–Crippen LogP) is 5.32. The van der Waals surface area contributed by atoms with Crippen LogP contribution in [-0.4, -0.2) is 9.55 Å². The Balaban J connectivity index is 2.32. The molecule has 0 bridgehead atoms. The molecule has 3 rings (SSSR count). The molecule has 102 valence electrons. The molecule has 0 aliphatic heterocycles. The second kappa shape index (κ2) is 5.35. The Bertz CT molecular complexity index is 801. The molecule has 6 heteroatoms. The van der Waals surface area contributed by atoms with Gasteiger partial charge in [0.05, 0.1) is 27.6 Å². The second-order valence-electron chi connectivity index (χ2n) is 4.23. The SMILES string of the molecule is Fc1cc(-n2c(CCl)nc3ccc(Br)cc32)ccc1Cl. The lowest BCUT2D eigenvalue weighted by molar-refractivity contribution is 0.627. The summed E-state index contributed by atoms with van der Waals surface area (Å²) in [5, 5.41) is 0.0896. The van der Waals surface area contributed by atoms with Crippen LogP contribution < -0.4 is 0 Å². The number of hydrogen-bond donors (Lipinski definition) is 0. The standard InChI is InChI=1S/C14H8BrCl2FN2/c15-8-1-4-12-13(5-8)20(14(7-16)19-12)9-2-3-10(17)11(18)6-9/h1-6H,7H2. The molecule has 0 N–H and O–H groups in total. The summed E-state index contributed by atoms with van der Waals surface area (Å²) in [4.78, 5) is 4.46. The Morgan fingerprint density at radius 3 is 2.70 bits per heavy atom. The zero-order chi connectivity index (χ0) is 14.3. The molecular weight excluding hydrogens is 366 g/mol. The first-order chi connectivity index (χ1) is 9.60. The van der Waals surface area contributed by atoms with Crippen LogP contribution in [0, 0.1) is 5.82 Å². The molecule has 0 atom stereocenters. The minimum absolute atomic E-state index is 0.0896. The Hall–Kier alpha value is -1.10. The highest BCUT2D eigenvalue weighted by atomic mass is 79.9. The van der Waals surface area contributed by atoms with E-state index in [1.165, 1.54) is 12.1 Å². The highest BCUT2D eigenvalue weighted by Gasteiger charge is 2.13. The molecule has 0 saturated heterocycles. The number of imidazole rings is 1. The molecular formula is C14H8BrCl2FN2. The van der Waals surface area contributed by atoms with Crippen LogP contribution in [0.25, 0.3) is 16.7 Å². The van der Waals surface area contributed by atoms with Gasteiger partial charge < -0.3 is 0 Å². The smallest absolute Gasteiger partial charge is 0.143 e.